The van der Waals surface area contributed by atoms with E-state index in [-0.39, 0.29) is 5.56 Å². The molecule has 6 heteroatoms. The maximum Gasteiger partial charge on any atom is 0.416 e. The summed E-state index contributed by atoms with van der Waals surface area (Å²) >= 11 is 1.41. The molecule has 2 rings (SSSR count). The number of benzene rings is 1. The van der Waals surface area contributed by atoms with Crippen molar-refractivity contribution in [1.29, 1.82) is 0 Å². The second-order valence-corrected chi connectivity index (χ2v) is 5.50. The highest BCUT2D eigenvalue weighted by atomic mass is 32.1. The second-order valence-electron chi connectivity index (χ2n) is 4.44. The lowest BCUT2D eigenvalue weighted by Crippen LogP contribution is -2.42. The van der Waals surface area contributed by atoms with Gasteiger partial charge in [0.15, 0.2) is 12.0 Å². The number of aromatic nitrogens is 1. The number of thiazole rings is 1. The first kappa shape index (κ1) is 14.7. The highest BCUT2D eigenvalue weighted by molar-refractivity contribution is 7.09. The minimum Gasteiger partial charge on any atom is -0.296 e. The van der Waals surface area contributed by atoms with Crippen molar-refractivity contribution in [3.63, 3.8) is 0 Å². The fourth-order valence-electron chi connectivity index (χ4n) is 2.06. The number of aryl methyl sites for hydroxylation is 1. The standard InChI is InChI=1S/C14H13F3NOS/c1-9-10(2)20-8-18(9)13(7-19)11-5-3-4-6-12(11)14(15,16)17/h3-8,13H,1-2H3/q+1. The molecule has 2 nitrogen and oxygen atoms in total. The minimum atomic E-state index is -4.47. The molecule has 0 spiro atoms. The number of hydrogen-bond donors (Lipinski definition) is 0. The summed E-state index contributed by atoms with van der Waals surface area (Å²) in [5.41, 5.74) is 1.68. The Morgan fingerprint density at radius 1 is 1.25 bits per heavy atom. The van der Waals surface area contributed by atoms with E-state index in [0.717, 1.165) is 16.6 Å². The third kappa shape index (κ3) is 2.60. The van der Waals surface area contributed by atoms with Crippen molar-refractivity contribution in [1.82, 2.24) is 0 Å². The van der Waals surface area contributed by atoms with E-state index in [1.165, 1.54) is 29.5 Å². The zero-order chi connectivity index (χ0) is 14.9. The minimum absolute atomic E-state index is 0.0269. The number of alkyl halides is 3. The lowest BCUT2D eigenvalue weighted by Gasteiger charge is -2.14. The van der Waals surface area contributed by atoms with Crippen LogP contribution in [0.1, 0.15) is 27.7 Å². The summed E-state index contributed by atoms with van der Waals surface area (Å²) in [5.74, 6) is 0. The van der Waals surface area contributed by atoms with Crippen molar-refractivity contribution < 1.29 is 22.5 Å². The molecule has 0 aliphatic heterocycles. The molecule has 0 N–H and O–H groups in total. The van der Waals surface area contributed by atoms with E-state index in [0.29, 0.717) is 6.29 Å². The summed E-state index contributed by atoms with van der Waals surface area (Å²) < 4.78 is 40.7. The monoisotopic (exact) mass is 300 g/mol. The van der Waals surface area contributed by atoms with Gasteiger partial charge in [-0.15, -0.1) is 0 Å². The molecule has 0 saturated carbocycles. The maximum atomic E-state index is 13.0. The highest BCUT2D eigenvalue weighted by Gasteiger charge is 2.38. The summed E-state index contributed by atoms with van der Waals surface area (Å²) in [6.45, 7) is 3.66. The molecule has 1 heterocycles. The van der Waals surface area contributed by atoms with Gasteiger partial charge in [-0.25, -0.2) is 0 Å². The Morgan fingerprint density at radius 2 is 1.90 bits per heavy atom. The van der Waals surface area contributed by atoms with Crippen molar-refractivity contribution in [2.75, 3.05) is 0 Å². The molecule has 1 aromatic heterocycles. The predicted octanol–water partition coefficient (Wildman–Crippen LogP) is 3.46. The Kier molecular flexibility index (Phi) is 3.94. The van der Waals surface area contributed by atoms with E-state index in [1.54, 1.807) is 17.0 Å². The van der Waals surface area contributed by atoms with Crippen molar-refractivity contribution in [2.45, 2.75) is 26.1 Å². The van der Waals surface area contributed by atoms with Crippen molar-refractivity contribution in [2.24, 2.45) is 0 Å². The van der Waals surface area contributed by atoms with Gasteiger partial charge in [-0.3, -0.25) is 4.79 Å². The average Bonchev–Trinajstić information content (AvgIpc) is 2.72. The first-order chi connectivity index (χ1) is 9.36. The zero-order valence-electron chi connectivity index (χ0n) is 10.9. The summed E-state index contributed by atoms with van der Waals surface area (Å²) in [6, 6.07) is 4.22. The van der Waals surface area contributed by atoms with Crippen LogP contribution in [-0.2, 0) is 11.0 Å². The quantitative estimate of drug-likeness (QED) is 0.628. The van der Waals surface area contributed by atoms with Crippen molar-refractivity contribution >= 4 is 17.6 Å². The number of carbonyl (C=O) groups is 1. The van der Waals surface area contributed by atoms with Gasteiger partial charge < -0.3 is 0 Å². The lowest BCUT2D eigenvalue weighted by atomic mass is 10.0. The third-order valence-electron chi connectivity index (χ3n) is 3.25. The van der Waals surface area contributed by atoms with Gasteiger partial charge in [0, 0.05) is 12.5 Å². The molecular formula is C14H13F3NOS+. The lowest BCUT2D eigenvalue weighted by molar-refractivity contribution is -0.700. The van der Waals surface area contributed by atoms with Crippen LogP contribution in [-0.4, -0.2) is 6.29 Å². The molecule has 0 radical (unpaired) electrons. The van der Waals surface area contributed by atoms with Crippen LogP contribution in [0.3, 0.4) is 0 Å². The van der Waals surface area contributed by atoms with Gasteiger partial charge in [0.1, 0.15) is 0 Å². The van der Waals surface area contributed by atoms with E-state index in [9.17, 15) is 18.0 Å². The van der Waals surface area contributed by atoms with E-state index in [1.807, 2.05) is 6.92 Å². The van der Waals surface area contributed by atoms with Crippen molar-refractivity contribution in [3.8, 4) is 0 Å². The summed E-state index contributed by atoms with van der Waals surface area (Å²) in [5, 5.41) is 0. The van der Waals surface area contributed by atoms with Gasteiger partial charge in [0.25, 0.3) is 0 Å². The zero-order valence-corrected chi connectivity index (χ0v) is 11.8. The van der Waals surface area contributed by atoms with Gasteiger partial charge in [-0.2, -0.15) is 17.7 Å². The van der Waals surface area contributed by atoms with E-state index in [2.05, 4.69) is 0 Å². The largest absolute Gasteiger partial charge is 0.416 e. The predicted molar refractivity (Wildman–Crippen MR) is 69.6 cm³/mol. The second kappa shape index (κ2) is 5.36. The number of aldehydes is 1. The molecule has 1 atom stereocenters. The molecule has 0 aliphatic carbocycles. The normalized spacial score (nSPS) is 13.2. The fourth-order valence-corrected chi connectivity index (χ4v) is 2.89. The molecule has 1 aromatic carbocycles. The number of carbonyl (C=O) groups excluding carboxylic acids is 1. The molecule has 1 unspecified atom stereocenters. The highest BCUT2D eigenvalue weighted by Crippen LogP contribution is 2.34. The molecule has 0 bridgehead atoms. The van der Waals surface area contributed by atoms with Gasteiger partial charge in [0.2, 0.25) is 11.6 Å². The molecule has 106 valence electrons. The number of nitrogens with zero attached hydrogens (tertiary/aromatic N) is 1. The van der Waals surface area contributed by atoms with Crippen LogP contribution in [0.25, 0.3) is 0 Å². The first-order valence-corrected chi connectivity index (χ1v) is 6.81. The van der Waals surface area contributed by atoms with Gasteiger partial charge in [0.05, 0.1) is 10.4 Å². The molecule has 0 saturated heterocycles. The molecule has 20 heavy (non-hydrogen) atoms. The number of rotatable bonds is 3. The van der Waals surface area contributed by atoms with Crippen LogP contribution in [0.4, 0.5) is 13.2 Å². The van der Waals surface area contributed by atoms with Crippen LogP contribution in [0.2, 0.25) is 0 Å². The van der Waals surface area contributed by atoms with E-state index < -0.39 is 17.8 Å². The Morgan fingerprint density at radius 3 is 2.40 bits per heavy atom. The average molecular weight is 300 g/mol. The summed E-state index contributed by atoms with van der Waals surface area (Å²) in [7, 11) is 0. The Labute approximate surface area is 118 Å². The van der Waals surface area contributed by atoms with E-state index in [4.69, 9.17) is 0 Å². The Bertz CT molecular complexity index is 634. The van der Waals surface area contributed by atoms with Crippen LogP contribution in [0.5, 0.6) is 0 Å². The Hall–Kier alpha value is -1.69. The molecular weight excluding hydrogens is 287 g/mol. The molecule has 2 aromatic rings. The molecule has 0 amide bonds. The summed E-state index contributed by atoms with van der Waals surface area (Å²) in [6.07, 6.45) is -3.93. The topological polar surface area (TPSA) is 20.9 Å². The first-order valence-electron chi connectivity index (χ1n) is 5.93. The van der Waals surface area contributed by atoms with E-state index >= 15 is 0 Å². The molecule has 0 fully saturated rings. The van der Waals surface area contributed by atoms with Crippen LogP contribution >= 0.6 is 11.3 Å². The van der Waals surface area contributed by atoms with Crippen LogP contribution in [0, 0.1) is 13.8 Å². The van der Waals surface area contributed by atoms with Crippen LogP contribution < -0.4 is 4.57 Å². The summed E-state index contributed by atoms with van der Waals surface area (Å²) in [4.78, 5) is 12.3. The van der Waals surface area contributed by atoms with Gasteiger partial charge in [-0.1, -0.05) is 29.5 Å². The SMILES string of the molecule is Cc1sc[n+](C(C=O)c2ccccc2C(F)(F)F)c1C. The van der Waals surface area contributed by atoms with Crippen molar-refractivity contribution in [3.05, 3.63) is 51.5 Å². The number of hydrogen-bond acceptors (Lipinski definition) is 2. The Balaban J connectivity index is 2.59. The third-order valence-corrected chi connectivity index (χ3v) is 4.23. The number of halogens is 3. The maximum absolute atomic E-state index is 13.0. The van der Waals surface area contributed by atoms with Gasteiger partial charge in [-0.05, 0) is 13.0 Å². The van der Waals surface area contributed by atoms with Gasteiger partial charge >= 0.3 is 6.18 Å². The fraction of sp³-hybridized carbons (Fsp3) is 0.286. The van der Waals surface area contributed by atoms with Crippen LogP contribution in [0.15, 0.2) is 29.8 Å². The molecule has 0 aliphatic rings. The smallest absolute Gasteiger partial charge is 0.296 e.